The molecule has 0 saturated heterocycles. The highest BCUT2D eigenvalue weighted by molar-refractivity contribution is 7.85. The fourth-order valence-electron chi connectivity index (χ4n) is 1.64. The molecular weight excluding hydrogens is 252 g/mol. The van der Waals surface area contributed by atoms with Crippen LogP contribution >= 0.6 is 0 Å². The second-order valence-corrected chi connectivity index (χ2v) is 8.01. The molecule has 0 aliphatic heterocycles. The molecule has 2 aliphatic rings. The molecule has 0 radical (unpaired) electrons. The molecule has 18 heavy (non-hydrogen) atoms. The molecule has 0 atom stereocenters. The minimum Gasteiger partial charge on any atom is -0.396 e. The van der Waals surface area contributed by atoms with Crippen molar-refractivity contribution >= 4 is 10.1 Å². The topological polar surface area (TPSA) is 63.6 Å². The lowest BCUT2D eigenvalue weighted by Crippen LogP contribution is -2.07. The SMILES string of the molecule is CC1(CCO)CC1.CC1(CCOS(C)(=O)=O)CC1. The first-order valence-electron chi connectivity index (χ1n) is 6.63. The minimum absolute atomic E-state index is 0.343. The summed E-state index contributed by atoms with van der Waals surface area (Å²) in [5, 5.41) is 8.44. The number of hydrogen-bond acceptors (Lipinski definition) is 4. The molecule has 2 saturated carbocycles. The summed E-state index contributed by atoms with van der Waals surface area (Å²) in [5.74, 6) is 0. The van der Waals surface area contributed by atoms with Crippen molar-refractivity contribution in [3.63, 3.8) is 0 Å². The zero-order valence-corrected chi connectivity index (χ0v) is 12.6. The Morgan fingerprint density at radius 1 is 1.06 bits per heavy atom. The zero-order chi connectivity index (χ0) is 13.9. The molecule has 0 aromatic rings. The summed E-state index contributed by atoms with van der Waals surface area (Å²) in [4.78, 5) is 0. The summed E-state index contributed by atoms with van der Waals surface area (Å²) < 4.78 is 25.6. The van der Waals surface area contributed by atoms with Gasteiger partial charge in [0.1, 0.15) is 0 Å². The number of hydrogen-bond donors (Lipinski definition) is 1. The fourth-order valence-corrected chi connectivity index (χ4v) is 2.02. The molecule has 4 nitrogen and oxygen atoms in total. The van der Waals surface area contributed by atoms with Crippen LogP contribution in [0.15, 0.2) is 0 Å². The zero-order valence-electron chi connectivity index (χ0n) is 11.7. The van der Waals surface area contributed by atoms with E-state index < -0.39 is 10.1 Å². The highest BCUT2D eigenvalue weighted by atomic mass is 32.2. The average Bonchev–Trinajstić information content (AvgIpc) is 3.09. The molecule has 0 aromatic heterocycles. The third-order valence-electron chi connectivity index (χ3n) is 3.93. The molecule has 5 heteroatoms. The van der Waals surface area contributed by atoms with Crippen molar-refractivity contribution in [3.8, 4) is 0 Å². The smallest absolute Gasteiger partial charge is 0.264 e. The maximum absolute atomic E-state index is 10.5. The Hall–Kier alpha value is -0.130. The van der Waals surface area contributed by atoms with Crippen LogP contribution in [0.5, 0.6) is 0 Å². The van der Waals surface area contributed by atoms with E-state index in [4.69, 9.17) is 5.11 Å². The van der Waals surface area contributed by atoms with Gasteiger partial charge in [-0.05, 0) is 49.4 Å². The van der Waals surface area contributed by atoms with Gasteiger partial charge in [0.15, 0.2) is 0 Å². The average molecular weight is 278 g/mol. The lowest BCUT2D eigenvalue weighted by Gasteiger charge is -2.06. The van der Waals surface area contributed by atoms with E-state index in [2.05, 4.69) is 18.0 Å². The summed E-state index contributed by atoms with van der Waals surface area (Å²) in [6.45, 7) is 5.09. The van der Waals surface area contributed by atoms with Gasteiger partial charge in [-0.15, -0.1) is 0 Å². The van der Waals surface area contributed by atoms with Gasteiger partial charge < -0.3 is 5.11 Å². The van der Waals surface area contributed by atoms with Gasteiger partial charge in [-0.25, -0.2) is 0 Å². The van der Waals surface area contributed by atoms with E-state index in [1.807, 2.05) is 0 Å². The summed E-state index contributed by atoms with van der Waals surface area (Å²) in [6, 6.07) is 0. The normalized spacial score (nSPS) is 22.9. The van der Waals surface area contributed by atoms with E-state index in [9.17, 15) is 8.42 Å². The van der Waals surface area contributed by atoms with E-state index in [0.29, 0.717) is 24.0 Å². The molecule has 2 fully saturated rings. The highest BCUT2D eigenvalue weighted by Gasteiger charge is 2.36. The molecule has 2 rings (SSSR count). The fraction of sp³-hybridized carbons (Fsp3) is 1.00. The first kappa shape index (κ1) is 15.9. The van der Waals surface area contributed by atoms with Crippen LogP contribution < -0.4 is 0 Å². The van der Waals surface area contributed by atoms with E-state index >= 15 is 0 Å². The lowest BCUT2D eigenvalue weighted by molar-refractivity contribution is 0.256. The van der Waals surface area contributed by atoms with Gasteiger partial charge in [-0.2, -0.15) is 8.42 Å². The summed E-state index contributed by atoms with van der Waals surface area (Å²) in [6.07, 6.45) is 8.02. The number of aliphatic hydroxyl groups excluding tert-OH is 1. The van der Waals surface area contributed by atoms with Gasteiger partial charge in [0.05, 0.1) is 12.9 Å². The van der Waals surface area contributed by atoms with Crippen molar-refractivity contribution in [1.29, 1.82) is 0 Å². The van der Waals surface area contributed by atoms with Crippen molar-refractivity contribution in [2.45, 2.75) is 52.4 Å². The third-order valence-corrected chi connectivity index (χ3v) is 4.52. The standard InChI is InChI=1S/C7H14O3S.C6H12O/c1-7(3-4-7)5-6-10-11(2,8)9;1-6(2-3-6)4-5-7/h3-6H2,1-2H3;7H,2-5H2,1H3. The van der Waals surface area contributed by atoms with E-state index in [1.54, 1.807) is 0 Å². The molecule has 108 valence electrons. The highest BCUT2D eigenvalue weighted by Crippen LogP contribution is 2.48. The molecule has 0 aromatic carbocycles. The Morgan fingerprint density at radius 2 is 1.50 bits per heavy atom. The van der Waals surface area contributed by atoms with Crippen LogP contribution in [0.2, 0.25) is 0 Å². The summed E-state index contributed by atoms with van der Waals surface area (Å²) >= 11 is 0. The Morgan fingerprint density at radius 3 is 1.78 bits per heavy atom. The summed E-state index contributed by atoms with van der Waals surface area (Å²) in [5.41, 5.74) is 0.930. The Bertz CT molecular complexity index is 353. The van der Waals surface area contributed by atoms with Gasteiger partial charge in [0.2, 0.25) is 0 Å². The second-order valence-electron chi connectivity index (χ2n) is 6.37. The molecule has 1 N–H and O–H groups in total. The molecular formula is C13H26O4S. The van der Waals surface area contributed by atoms with Crippen LogP contribution in [0, 0.1) is 10.8 Å². The predicted octanol–water partition coefficient (Wildman–Crippen LogP) is 2.32. The van der Waals surface area contributed by atoms with Gasteiger partial charge >= 0.3 is 0 Å². The Balaban J connectivity index is 0.000000199. The van der Waals surface area contributed by atoms with Crippen LogP contribution in [-0.4, -0.2) is 33.0 Å². The molecule has 0 amide bonds. The molecule has 0 heterocycles. The van der Waals surface area contributed by atoms with Crippen molar-refractivity contribution < 1.29 is 17.7 Å². The van der Waals surface area contributed by atoms with Gasteiger partial charge in [0.25, 0.3) is 10.1 Å². The third kappa shape index (κ3) is 7.34. The van der Waals surface area contributed by atoms with Crippen molar-refractivity contribution in [2.24, 2.45) is 10.8 Å². The monoisotopic (exact) mass is 278 g/mol. The largest absolute Gasteiger partial charge is 0.396 e. The van der Waals surface area contributed by atoms with E-state index in [1.165, 1.54) is 25.7 Å². The maximum atomic E-state index is 10.5. The maximum Gasteiger partial charge on any atom is 0.264 e. The Kier molecular flexibility index (Phi) is 5.21. The second kappa shape index (κ2) is 5.88. The predicted molar refractivity (Wildman–Crippen MR) is 71.8 cm³/mol. The Labute approximate surface area is 111 Å². The molecule has 0 spiro atoms. The van der Waals surface area contributed by atoms with Crippen LogP contribution in [0.25, 0.3) is 0 Å². The summed E-state index contributed by atoms with van der Waals surface area (Å²) in [7, 11) is -3.22. The lowest BCUT2D eigenvalue weighted by atomic mass is 10.1. The van der Waals surface area contributed by atoms with Crippen molar-refractivity contribution in [2.75, 3.05) is 19.5 Å². The molecule has 0 bridgehead atoms. The van der Waals surface area contributed by atoms with Crippen LogP contribution in [0.4, 0.5) is 0 Å². The molecule has 2 aliphatic carbocycles. The van der Waals surface area contributed by atoms with Crippen molar-refractivity contribution in [3.05, 3.63) is 0 Å². The van der Waals surface area contributed by atoms with Gasteiger partial charge in [-0.3, -0.25) is 4.18 Å². The van der Waals surface area contributed by atoms with Crippen LogP contribution in [0.1, 0.15) is 52.4 Å². The molecule has 0 unspecified atom stereocenters. The van der Waals surface area contributed by atoms with Gasteiger partial charge in [0, 0.05) is 6.61 Å². The van der Waals surface area contributed by atoms with Crippen molar-refractivity contribution in [1.82, 2.24) is 0 Å². The van der Waals surface area contributed by atoms with E-state index in [-0.39, 0.29) is 0 Å². The quantitative estimate of drug-likeness (QED) is 0.757. The van der Waals surface area contributed by atoms with E-state index in [0.717, 1.165) is 19.1 Å². The number of rotatable bonds is 6. The first-order valence-corrected chi connectivity index (χ1v) is 8.45. The van der Waals surface area contributed by atoms with Crippen LogP contribution in [0.3, 0.4) is 0 Å². The first-order chi connectivity index (χ1) is 8.18. The van der Waals surface area contributed by atoms with Gasteiger partial charge in [-0.1, -0.05) is 13.8 Å². The minimum atomic E-state index is -3.22. The van der Waals surface area contributed by atoms with Crippen LogP contribution in [-0.2, 0) is 14.3 Å². The number of aliphatic hydroxyl groups is 1.